The van der Waals surface area contributed by atoms with E-state index in [1.54, 1.807) is 30.1 Å². The van der Waals surface area contributed by atoms with Crippen LogP contribution in [0.25, 0.3) is 0 Å². The number of nitrogens with one attached hydrogen (secondary N) is 1. The van der Waals surface area contributed by atoms with Gasteiger partial charge in [-0.05, 0) is 42.3 Å². The quantitative estimate of drug-likeness (QED) is 0.690. The minimum Gasteiger partial charge on any atom is -0.336 e. The van der Waals surface area contributed by atoms with Gasteiger partial charge in [-0.15, -0.1) is 0 Å². The summed E-state index contributed by atoms with van der Waals surface area (Å²) in [6.07, 6.45) is 1.46. The van der Waals surface area contributed by atoms with Crippen LogP contribution in [-0.4, -0.2) is 28.7 Å². The number of aromatic nitrogens is 1. The number of hydrogen-bond acceptors (Lipinski definition) is 3. The topological polar surface area (TPSA) is 62.3 Å². The highest BCUT2D eigenvalue weighted by atomic mass is 35.5. The van der Waals surface area contributed by atoms with Crippen LogP contribution in [0.3, 0.4) is 0 Å². The average Bonchev–Trinajstić information content (AvgIpc) is 2.71. The molecule has 5 nitrogen and oxygen atoms in total. The van der Waals surface area contributed by atoms with Crippen molar-refractivity contribution in [2.24, 2.45) is 0 Å². The number of nitrogens with zero attached hydrogens (tertiary/aromatic N) is 2. The standard InChI is InChI=1S/C22H20ClN3O2/c1-15-8-9-18(13-19(15)23)25-21(27)17-10-11-24-20(12-17)22(28)26(2)14-16-6-4-3-5-7-16/h3-13H,14H2,1-2H3,(H,25,27). The van der Waals surface area contributed by atoms with Crippen molar-refractivity contribution >= 4 is 29.1 Å². The summed E-state index contributed by atoms with van der Waals surface area (Å²) < 4.78 is 0. The summed E-state index contributed by atoms with van der Waals surface area (Å²) in [6.45, 7) is 2.35. The molecule has 0 saturated carbocycles. The molecule has 0 aliphatic rings. The first-order valence-corrected chi connectivity index (χ1v) is 9.15. The van der Waals surface area contributed by atoms with Crippen molar-refractivity contribution in [2.45, 2.75) is 13.5 Å². The van der Waals surface area contributed by atoms with E-state index in [0.29, 0.717) is 22.8 Å². The van der Waals surface area contributed by atoms with Crippen molar-refractivity contribution < 1.29 is 9.59 Å². The molecule has 2 amide bonds. The third kappa shape index (κ3) is 4.75. The van der Waals surface area contributed by atoms with Crippen LogP contribution in [0.2, 0.25) is 5.02 Å². The monoisotopic (exact) mass is 393 g/mol. The molecular weight excluding hydrogens is 374 g/mol. The number of benzene rings is 2. The second kappa shape index (κ2) is 8.67. The van der Waals surface area contributed by atoms with Gasteiger partial charge < -0.3 is 10.2 Å². The third-order valence-electron chi connectivity index (χ3n) is 4.28. The summed E-state index contributed by atoms with van der Waals surface area (Å²) in [5.41, 5.74) is 3.10. The Morgan fingerprint density at radius 3 is 2.54 bits per heavy atom. The van der Waals surface area contributed by atoms with E-state index in [4.69, 9.17) is 11.6 Å². The summed E-state index contributed by atoms with van der Waals surface area (Å²) in [7, 11) is 1.71. The summed E-state index contributed by atoms with van der Waals surface area (Å²) in [4.78, 5) is 30.9. The molecule has 0 fully saturated rings. The molecule has 2 aromatic carbocycles. The van der Waals surface area contributed by atoms with Gasteiger partial charge in [-0.3, -0.25) is 14.6 Å². The van der Waals surface area contributed by atoms with Gasteiger partial charge in [-0.1, -0.05) is 48.0 Å². The van der Waals surface area contributed by atoms with Crippen LogP contribution in [0, 0.1) is 6.92 Å². The molecule has 0 atom stereocenters. The van der Waals surface area contributed by atoms with Gasteiger partial charge in [0.15, 0.2) is 0 Å². The van der Waals surface area contributed by atoms with Gasteiger partial charge in [0.25, 0.3) is 11.8 Å². The Bertz CT molecular complexity index is 1010. The molecule has 1 heterocycles. The minimum atomic E-state index is -0.331. The highest BCUT2D eigenvalue weighted by Gasteiger charge is 2.16. The molecule has 3 rings (SSSR count). The van der Waals surface area contributed by atoms with Gasteiger partial charge in [0, 0.05) is 36.1 Å². The van der Waals surface area contributed by atoms with E-state index in [1.165, 1.54) is 12.3 Å². The molecule has 28 heavy (non-hydrogen) atoms. The molecule has 3 aromatic rings. The lowest BCUT2D eigenvalue weighted by atomic mass is 10.1. The largest absolute Gasteiger partial charge is 0.336 e. The summed E-state index contributed by atoms with van der Waals surface area (Å²) >= 11 is 6.10. The number of amides is 2. The molecule has 0 radical (unpaired) electrons. The van der Waals surface area contributed by atoms with Gasteiger partial charge in [0.05, 0.1) is 0 Å². The Hall–Kier alpha value is -3.18. The molecule has 1 N–H and O–H groups in total. The van der Waals surface area contributed by atoms with Crippen molar-refractivity contribution in [1.82, 2.24) is 9.88 Å². The zero-order valence-corrected chi connectivity index (χ0v) is 16.4. The Labute approximate surface area is 169 Å². The highest BCUT2D eigenvalue weighted by Crippen LogP contribution is 2.20. The molecular formula is C22H20ClN3O2. The molecule has 0 unspecified atom stereocenters. The number of carbonyl (C=O) groups excluding carboxylic acids is 2. The van der Waals surface area contributed by atoms with Crippen LogP contribution in [0.1, 0.15) is 32.0 Å². The second-order valence-corrected chi connectivity index (χ2v) is 6.90. The van der Waals surface area contributed by atoms with Gasteiger partial charge in [-0.25, -0.2) is 0 Å². The van der Waals surface area contributed by atoms with E-state index in [0.717, 1.165) is 11.1 Å². The minimum absolute atomic E-state index is 0.216. The van der Waals surface area contributed by atoms with E-state index < -0.39 is 0 Å². The first-order valence-electron chi connectivity index (χ1n) is 8.77. The number of anilines is 1. The van der Waals surface area contributed by atoms with E-state index in [-0.39, 0.29) is 17.5 Å². The van der Waals surface area contributed by atoms with Crippen LogP contribution in [0.15, 0.2) is 66.9 Å². The van der Waals surface area contributed by atoms with Crippen LogP contribution >= 0.6 is 11.6 Å². The van der Waals surface area contributed by atoms with Gasteiger partial charge in [0.1, 0.15) is 5.69 Å². The summed E-state index contributed by atoms with van der Waals surface area (Å²) in [6, 6.07) is 18.0. The van der Waals surface area contributed by atoms with Crippen molar-refractivity contribution in [3.05, 3.63) is 94.3 Å². The molecule has 0 aliphatic carbocycles. The maximum Gasteiger partial charge on any atom is 0.272 e. The predicted octanol–water partition coefficient (Wildman–Crippen LogP) is 4.57. The number of hydrogen-bond donors (Lipinski definition) is 1. The van der Waals surface area contributed by atoms with E-state index in [1.807, 2.05) is 43.3 Å². The Kier molecular flexibility index (Phi) is 6.06. The van der Waals surface area contributed by atoms with E-state index >= 15 is 0 Å². The highest BCUT2D eigenvalue weighted by molar-refractivity contribution is 6.31. The number of halogens is 1. The zero-order valence-electron chi connectivity index (χ0n) is 15.6. The van der Waals surface area contributed by atoms with Crippen molar-refractivity contribution in [3.63, 3.8) is 0 Å². The van der Waals surface area contributed by atoms with Gasteiger partial charge in [-0.2, -0.15) is 0 Å². The van der Waals surface area contributed by atoms with E-state index in [2.05, 4.69) is 10.3 Å². The van der Waals surface area contributed by atoms with Crippen molar-refractivity contribution in [2.75, 3.05) is 12.4 Å². The Morgan fingerprint density at radius 2 is 1.82 bits per heavy atom. The molecule has 0 saturated heterocycles. The Morgan fingerprint density at radius 1 is 1.07 bits per heavy atom. The van der Waals surface area contributed by atoms with Crippen LogP contribution in [-0.2, 0) is 6.54 Å². The zero-order chi connectivity index (χ0) is 20.1. The van der Waals surface area contributed by atoms with Crippen LogP contribution < -0.4 is 5.32 Å². The van der Waals surface area contributed by atoms with Crippen molar-refractivity contribution in [3.8, 4) is 0 Å². The molecule has 0 spiro atoms. The third-order valence-corrected chi connectivity index (χ3v) is 4.69. The normalized spacial score (nSPS) is 10.4. The number of rotatable bonds is 5. The first kappa shape index (κ1) is 19.6. The summed E-state index contributed by atoms with van der Waals surface area (Å²) in [5.74, 6) is -0.584. The lowest BCUT2D eigenvalue weighted by Gasteiger charge is -2.17. The SMILES string of the molecule is Cc1ccc(NC(=O)c2ccnc(C(=O)N(C)Cc3ccccc3)c2)cc1Cl. The van der Waals surface area contributed by atoms with Crippen LogP contribution in [0.4, 0.5) is 5.69 Å². The number of carbonyl (C=O) groups is 2. The fourth-order valence-corrected chi connectivity index (χ4v) is 2.87. The maximum absolute atomic E-state index is 12.7. The number of pyridine rings is 1. The molecule has 142 valence electrons. The predicted molar refractivity (Wildman–Crippen MR) is 111 cm³/mol. The fraction of sp³-hybridized carbons (Fsp3) is 0.136. The lowest BCUT2D eigenvalue weighted by molar-refractivity contribution is 0.0779. The maximum atomic E-state index is 12.7. The Balaban J connectivity index is 1.72. The smallest absolute Gasteiger partial charge is 0.272 e. The first-order chi connectivity index (χ1) is 13.4. The van der Waals surface area contributed by atoms with Gasteiger partial charge >= 0.3 is 0 Å². The second-order valence-electron chi connectivity index (χ2n) is 6.49. The van der Waals surface area contributed by atoms with E-state index in [9.17, 15) is 9.59 Å². The summed E-state index contributed by atoms with van der Waals surface area (Å²) in [5, 5.41) is 3.36. The molecule has 0 bridgehead atoms. The van der Waals surface area contributed by atoms with Crippen molar-refractivity contribution in [1.29, 1.82) is 0 Å². The number of aryl methyl sites for hydroxylation is 1. The molecule has 6 heteroatoms. The average molecular weight is 394 g/mol. The molecule has 1 aromatic heterocycles. The molecule has 0 aliphatic heterocycles. The van der Waals surface area contributed by atoms with Gasteiger partial charge in [0.2, 0.25) is 0 Å². The fourth-order valence-electron chi connectivity index (χ4n) is 2.69. The lowest BCUT2D eigenvalue weighted by Crippen LogP contribution is -2.27. The van der Waals surface area contributed by atoms with Crippen LogP contribution in [0.5, 0.6) is 0 Å².